The van der Waals surface area contributed by atoms with Gasteiger partial charge in [-0.05, 0) is 19.9 Å². The zero-order chi connectivity index (χ0) is 11.3. The van der Waals surface area contributed by atoms with Gasteiger partial charge in [-0.1, -0.05) is 0 Å². The predicted octanol–water partition coefficient (Wildman–Crippen LogP) is 0.864. The molecule has 0 bridgehead atoms. The van der Waals surface area contributed by atoms with E-state index in [-0.39, 0.29) is 18.6 Å². The van der Waals surface area contributed by atoms with Gasteiger partial charge in [-0.3, -0.25) is 4.79 Å². The third-order valence-electron chi connectivity index (χ3n) is 1.96. The van der Waals surface area contributed by atoms with Crippen LogP contribution < -0.4 is 4.90 Å². The number of methoxy groups -OCH3 is 1. The van der Waals surface area contributed by atoms with Gasteiger partial charge in [0.1, 0.15) is 6.54 Å². The van der Waals surface area contributed by atoms with Gasteiger partial charge in [0.2, 0.25) is 5.95 Å². The quantitative estimate of drug-likeness (QED) is 0.688. The Labute approximate surface area is 89.1 Å². The summed E-state index contributed by atoms with van der Waals surface area (Å²) in [5.74, 6) is 0.244. The second kappa shape index (κ2) is 5.29. The van der Waals surface area contributed by atoms with E-state index in [1.165, 1.54) is 7.11 Å². The standard InChI is InChI=1S/C10H15N3O2/c1-8(2)13(7-9(14)15-3)10-11-5-4-6-12-10/h4-6,8H,7H2,1-3H3. The summed E-state index contributed by atoms with van der Waals surface area (Å²) in [6.07, 6.45) is 3.30. The van der Waals surface area contributed by atoms with Gasteiger partial charge in [-0.2, -0.15) is 0 Å². The van der Waals surface area contributed by atoms with Gasteiger partial charge >= 0.3 is 5.97 Å². The number of nitrogens with zero attached hydrogens (tertiary/aromatic N) is 3. The maximum Gasteiger partial charge on any atom is 0.325 e. The van der Waals surface area contributed by atoms with Crippen molar-refractivity contribution in [2.45, 2.75) is 19.9 Å². The van der Waals surface area contributed by atoms with E-state index in [1.54, 1.807) is 23.4 Å². The lowest BCUT2D eigenvalue weighted by atomic mass is 10.3. The number of esters is 1. The van der Waals surface area contributed by atoms with Crippen LogP contribution in [-0.2, 0) is 9.53 Å². The van der Waals surface area contributed by atoms with Gasteiger partial charge in [0, 0.05) is 18.4 Å². The molecule has 0 aromatic carbocycles. The molecule has 0 saturated carbocycles. The highest BCUT2D eigenvalue weighted by molar-refractivity contribution is 5.74. The van der Waals surface area contributed by atoms with Crippen LogP contribution in [0.3, 0.4) is 0 Å². The molecule has 0 radical (unpaired) electrons. The fourth-order valence-corrected chi connectivity index (χ4v) is 1.13. The van der Waals surface area contributed by atoms with Gasteiger partial charge in [-0.25, -0.2) is 9.97 Å². The van der Waals surface area contributed by atoms with E-state index in [0.29, 0.717) is 5.95 Å². The van der Waals surface area contributed by atoms with Gasteiger partial charge < -0.3 is 9.64 Å². The van der Waals surface area contributed by atoms with Crippen molar-refractivity contribution >= 4 is 11.9 Å². The average Bonchev–Trinajstić information content (AvgIpc) is 2.26. The molecule has 0 amide bonds. The zero-order valence-electron chi connectivity index (χ0n) is 9.17. The first-order chi connectivity index (χ1) is 7.15. The lowest BCUT2D eigenvalue weighted by Crippen LogP contribution is -2.37. The minimum absolute atomic E-state index is 0.145. The fraction of sp³-hybridized carbons (Fsp3) is 0.500. The summed E-state index contributed by atoms with van der Waals surface area (Å²) in [5, 5.41) is 0. The van der Waals surface area contributed by atoms with E-state index in [4.69, 9.17) is 0 Å². The molecule has 0 aliphatic carbocycles. The van der Waals surface area contributed by atoms with Gasteiger partial charge in [-0.15, -0.1) is 0 Å². The highest BCUT2D eigenvalue weighted by Crippen LogP contribution is 2.09. The molecule has 5 heteroatoms. The van der Waals surface area contributed by atoms with Gasteiger partial charge in [0.05, 0.1) is 7.11 Å². The molecule has 0 atom stereocenters. The minimum Gasteiger partial charge on any atom is -0.468 e. The Balaban J connectivity index is 2.79. The third-order valence-corrected chi connectivity index (χ3v) is 1.96. The molecule has 5 nitrogen and oxygen atoms in total. The predicted molar refractivity (Wildman–Crippen MR) is 56.5 cm³/mol. The largest absolute Gasteiger partial charge is 0.468 e. The first-order valence-corrected chi connectivity index (χ1v) is 4.75. The number of carbonyl (C=O) groups is 1. The van der Waals surface area contributed by atoms with E-state index in [1.807, 2.05) is 13.8 Å². The lowest BCUT2D eigenvalue weighted by molar-refractivity contribution is -0.139. The first kappa shape index (κ1) is 11.4. The molecule has 1 rings (SSSR count). The van der Waals surface area contributed by atoms with Crippen molar-refractivity contribution in [1.82, 2.24) is 9.97 Å². The molecule has 0 aliphatic heterocycles. The smallest absolute Gasteiger partial charge is 0.325 e. The molecule has 0 spiro atoms. The molecular weight excluding hydrogens is 194 g/mol. The minimum atomic E-state index is -0.295. The number of hydrogen-bond donors (Lipinski definition) is 0. The molecule has 1 aromatic rings. The Hall–Kier alpha value is -1.65. The van der Waals surface area contributed by atoms with Crippen LogP contribution in [0.2, 0.25) is 0 Å². The summed E-state index contributed by atoms with van der Waals surface area (Å²) in [6, 6.07) is 1.88. The molecule has 0 fully saturated rings. The first-order valence-electron chi connectivity index (χ1n) is 4.75. The van der Waals surface area contributed by atoms with Crippen LogP contribution in [0.1, 0.15) is 13.8 Å². The monoisotopic (exact) mass is 209 g/mol. The van der Waals surface area contributed by atoms with Crippen molar-refractivity contribution in [3.05, 3.63) is 18.5 Å². The average molecular weight is 209 g/mol. The van der Waals surface area contributed by atoms with Crippen molar-refractivity contribution in [3.63, 3.8) is 0 Å². The van der Waals surface area contributed by atoms with Crippen LogP contribution in [0, 0.1) is 0 Å². The third kappa shape index (κ3) is 3.19. The van der Waals surface area contributed by atoms with Crippen LogP contribution in [0.15, 0.2) is 18.5 Å². The normalized spacial score (nSPS) is 10.1. The summed E-state index contributed by atoms with van der Waals surface area (Å²) in [4.78, 5) is 21.2. The van der Waals surface area contributed by atoms with Crippen LogP contribution >= 0.6 is 0 Å². The summed E-state index contributed by atoms with van der Waals surface area (Å²) < 4.78 is 4.62. The summed E-state index contributed by atoms with van der Waals surface area (Å²) >= 11 is 0. The zero-order valence-corrected chi connectivity index (χ0v) is 9.17. The Morgan fingerprint density at radius 3 is 2.53 bits per heavy atom. The number of carbonyl (C=O) groups excluding carboxylic acids is 1. The Kier molecular flexibility index (Phi) is 4.03. The van der Waals surface area contributed by atoms with Crippen LogP contribution in [-0.4, -0.2) is 35.6 Å². The number of hydrogen-bond acceptors (Lipinski definition) is 5. The molecule has 0 N–H and O–H groups in total. The van der Waals surface area contributed by atoms with Gasteiger partial charge in [0.25, 0.3) is 0 Å². The lowest BCUT2D eigenvalue weighted by Gasteiger charge is -2.24. The molecule has 1 heterocycles. The fourth-order valence-electron chi connectivity index (χ4n) is 1.13. The maximum absolute atomic E-state index is 11.2. The highest BCUT2D eigenvalue weighted by Gasteiger charge is 2.16. The Morgan fingerprint density at radius 1 is 1.47 bits per heavy atom. The molecular formula is C10H15N3O2. The second-order valence-electron chi connectivity index (χ2n) is 3.35. The summed E-state index contributed by atoms with van der Waals surface area (Å²) in [5.41, 5.74) is 0. The van der Waals surface area contributed by atoms with E-state index >= 15 is 0 Å². The topological polar surface area (TPSA) is 55.3 Å². The van der Waals surface area contributed by atoms with Gasteiger partial charge in [0.15, 0.2) is 0 Å². The molecule has 82 valence electrons. The van der Waals surface area contributed by atoms with Crippen molar-refractivity contribution in [1.29, 1.82) is 0 Å². The van der Waals surface area contributed by atoms with E-state index in [9.17, 15) is 4.79 Å². The molecule has 1 aromatic heterocycles. The van der Waals surface area contributed by atoms with E-state index < -0.39 is 0 Å². The van der Waals surface area contributed by atoms with Crippen LogP contribution in [0.5, 0.6) is 0 Å². The van der Waals surface area contributed by atoms with Crippen molar-refractivity contribution < 1.29 is 9.53 Å². The molecule has 15 heavy (non-hydrogen) atoms. The van der Waals surface area contributed by atoms with Crippen molar-refractivity contribution in [2.75, 3.05) is 18.6 Å². The van der Waals surface area contributed by atoms with Crippen LogP contribution in [0.4, 0.5) is 5.95 Å². The Bertz CT molecular complexity index is 314. The van der Waals surface area contributed by atoms with Crippen molar-refractivity contribution in [2.24, 2.45) is 0 Å². The van der Waals surface area contributed by atoms with E-state index in [0.717, 1.165) is 0 Å². The molecule has 0 aliphatic rings. The summed E-state index contributed by atoms with van der Waals surface area (Å²) in [6.45, 7) is 4.11. The Morgan fingerprint density at radius 2 is 2.07 bits per heavy atom. The number of aromatic nitrogens is 2. The maximum atomic E-state index is 11.2. The number of anilines is 1. The highest BCUT2D eigenvalue weighted by atomic mass is 16.5. The SMILES string of the molecule is COC(=O)CN(c1ncccn1)C(C)C. The second-order valence-corrected chi connectivity index (χ2v) is 3.35. The van der Waals surface area contributed by atoms with Crippen LogP contribution in [0.25, 0.3) is 0 Å². The summed E-state index contributed by atoms with van der Waals surface area (Å²) in [7, 11) is 1.37. The number of ether oxygens (including phenoxy) is 1. The van der Waals surface area contributed by atoms with Crippen molar-refractivity contribution in [3.8, 4) is 0 Å². The number of rotatable bonds is 4. The van der Waals surface area contributed by atoms with E-state index in [2.05, 4.69) is 14.7 Å². The molecule has 0 unspecified atom stereocenters. The molecule has 0 saturated heterocycles.